The fraction of sp³-hybridized carbons (Fsp3) is 0. The molecule has 20 aromatic carbocycles. The zero-order valence-electron chi connectivity index (χ0n) is 67.3. The van der Waals surface area contributed by atoms with E-state index in [1.807, 2.05) is 49.2 Å². The number of pyridine rings is 6. The fourth-order valence-electron chi connectivity index (χ4n) is 19.6. The molecule has 0 saturated carbocycles. The van der Waals surface area contributed by atoms with E-state index in [-0.39, 0.29) is 0 Å². The summed E-state index contributed by atoms with van der Waals surface area (Å²) >= 11 is 0. The predicted molar refractivity (Wildman–Crippen MR) is 523 cm³/mol. The molecule has 26 aromatic rings. The Morgan fingerprint density at radius 2 is 0.371 bits per heavy atom. The first-order valence-corrected chi connectivity index (χ1v) is 42.2. The van der Waals surface area contributed by atoms with Crippen LogP contribution < -0.4 is 0 Å². The Morgan fingerprint density at radius 3 is 0.734 bits per heavy atom. The molecule has 26 rings (SSSR count). The molecule has 0 aliphatic rings. The molecule has 0 aliphatic carbocycles. The highest BCUT2D eigenvalue weighted by molar-refractivity contribution is 6.35. The standard InChI is InChI=1S/C43H27N3.C43H25N.C32H20N2/c1-3-13-37-35(11-1)36-12-2-5-15-39(36)43-41(37)38-14-4-6-16-40(38)42(46-43)29-19-17-28(18-20-29)32-23-33(30-9-7-21-44-26-30)25-34(24-32)31-10-8-22-45-27-31;1-3-15-35-33(13-1)34-14-2-5-17-37(34)43-41(35)36-16-4-6-18-38(36)42(44-43)31-12-8-11-28(23-31)32-24-29-21-19-26-9-7-10-27-20-22-30(25-32)40(29)39(26)27;1-3-11-26-24(9-1)25-10-2-5-13-28(25)32-30(26)27-12-4-6-14-29(27)31(34-32)22-17-15-21(16-18-22)23-8-7-19-33-20-23/h1-27H;1-25H;1-20H. The van der Waals surface area contributed by atoms with E-state index >= 15 is 0 Å². The monoisotopic (exact) mass is 1570 g/mol. The largest absolute Gasteiger partial charge is 0.264 e. The average molecular weight is 1570 g/mol. The number of nitrogens with zero attached hydrogens (tertiary/aromatic N) is 6. The molecule has 0 unspecified atom stereocenters. The Labute approximate surface area is 714 Å². The Balaban J connectivity index is 0.000000106. The van der Waals surface area contributed by atoms with Crippen LogP contribution in [-0.2, 0) is 0 Å². The first kappa shape index (κ1) is 71.6. The van der Waals surface area contributed by atoms with Gasteiger partial charge in [0.05, 0.1) is 33.6 Å². The lowest BCUT2D eigenvalue weighted by molar-refractivity contribution is 1.32. The van der Waals surface area contributed by atoms with Crippen molar-refractivity contribution in [1.82, 2.24) is 29.9 Å². The van der Waals surface area contributed by atoms with Gasteiger partial charge in [0.2, 0.25) is 0 Å². The first-order chi connectivity index (χ1) is 61.5. The number of benzene rings is 20. The van der Waals surface area contributed by atoms with Crippen LogP contribution >= 0.6 is 0 Å². The van der Waals surface area contributed by atoms with Crippen molar-refractivity contribution in [2.75, 3.05) is 0 Å². The maximum Gasteiger partial charge on any atom is 0.0800 e. The Morgan fingerprint density at radius 1 is 0.129 bits per heavy atom. The first-order valence-electron chi connectivity index (χ1n) is 42.2. The van der Waals surface area contributed by atoms with Crippen LogP contribution in [0, 0.1) is 0 Å². The van der Waals surface area contributed by atoms with Gasteiger partial charge in [0.15, 0.2) is 0 Å². The van der Waals surface area contributed by atoms with Gasteiger partial charge in [-0.25, -0.2) is 15.0 Å². The Hall–Kier alpha value is -16.5. The van der Waals surface area contributed by atoms with Crippen LogP contribution in [0.5, 0.6) is 0 Å². The van der Waals surface area contributed by atoms with E-state index in [4.69, 9.17) is 15.0 Å². The molecule has 0 spiro atoms. The number of hydrogen-bond donors (Lipinski definition) is 0. The average Bonchev–Trinajstić information content (AvgIpc) is 0.724. The van der Waals surface area contributed by atoms with Crippen molar-refractivity contribution < 1.29 is 0 Å². The lowest BCUT2D eigenvalue weighted by Crippen LogP contribution is -1.93. The van der Waals surface area contributed by atoms with Gasteiger partial charge in [-0.3, -0.25) is 15.0 Å². The Bertz CT molecular complexity index is 8660. The second kappa shape index (κ2) is 29.8. The van der Waals surface area contributed by atoms with E-state index < -0.39 is 0 Å². The molecule has 6 aromatic heterocycles. The highest BCUT2D eigenvalue weighted by atomic mass is 14.7. The lowest BCUT2D eigenvalue weighted by Gasteiger charge is -2.16. The second-order valence-electron chi connectivity index (χ2n) is 32.2. The summed E-state index contributed by atoms with van der Waals surface area (Å²) in [5, 5.41) is 33.5. The van der Waals surface area contributed by atoms with Crippen molar-refractivity contribution in [1.29, 1.82) is 0 Å². The normalized spacial score (nSPS) is 11.7. The highest BCUT2D eigenvalue weighted by Gasteiger charge is 2.23. The summed E-state index contributed by atoms with van der Waals surface area (Å²) in [5.74, 6) is 0. The molecular weight excluding hydrogens is 1500 g/mol. The third-order valence-electron chi connectivity index (χ3n) is 25.2. The van der Waals surface area contributed by atoms with Gasteiger partial charge in [-0.1, -0.05) is 346 Å². The quantitative estimate of drug-likeness (QED) is 0.141. The van der Waals surface area contributed by atoms with Crippen molar-refractivity contribution in [3.63, 3.8) is 0 Å². The van der Waals surface area contributed by atoms with Gasteiger partial charge >= 0.3 is 0 Å². The van der Waals surface area contributed by atoms with Gasteiger partial charge in [-0.2, -0.15) is 0 Å². The van der Waals surface area contributed by atoms with E-state index in [2.05, 4.69) is 397 Å². The molecule has 574 valence electrons. The van der Waals surface area contributed by atoms with E-state index in [1.165, 1.54) is 151 Å². The molecule has 0 aliphatic heterocycles. The molecule has 6 heteroatoms. The number of hydrogen-bond acceptors (Lipinski definition) is 6. The van der Waals surface area contributed by atoms with E-state index in [0.29, 0.717) is 0 Å². The van der Waals surface area contributed by atoms with Crippen LogP contribution in [0.1, 0.15) is 0 Å². The summed E-state index contributed by atoms with van der Waals surface area (Å²) in [7, 11) is 0. The molecule has 0 bridgehead atoms. The number of aromatic nitrogens is 6. The van der Waals surface area contributed by atoms with Crippen LogP contribution in [0.25, 0.3) is 251 Å². The van der Waals surface area contributed by atoms with Crippen LogP contribution in [-0.4, -0.2) is 29.9 Å². The van der Waals surface area contributed by atoms with Gasteiger partial charge in [0.25, 0.3) is 0 Å². The predicted octanol–water partition coefficient (Wildman–Crippen LogP) is 31.5. The summed E-state index contributed by atoms with van der Waals surface area (Å²) in [6, 6.07) is 144. The van der Waals surface area contributed by atoms with Crippen molar-refractivity contribution in [3.8, 4) is 89.4 Å². The van der Waals surface area contributed by atoms with E-state index in [0.717, 1.165) is 100 Å². The topological polar surface area (TPSA) is 77.3 Å². The SMILES string of the molecule is c1cc(-c2cc3ccc4cccc5ccc(c2)c3c45)cc(-c2nc3c4ccccc4c4ccccc4c3c3ccccc23)c1.c1cncc(-c2cc(-c3ccc(-c4nc5c6ccccc6c6ccccc6c5c5ccccc45)cc3)cc(-c3cccnc3)c2)c1.c1cncc(-c2ccc(-c3nc4c5ccccc5c5ccccc5c4c4ccccc34)cc2)c1. The third-order valence-corrected chi connectivity index (χ3v) is 25.2. The molecular formula is C118H72N6. The molecule has 124 heavy (non-hydrogen) atoms. The molecule has 0 radical (unpaired) electrons. The van der Waals surface area contributed by atoms with Crippen molar-refractivity contribution in [2.24, 2.45) is 0 Å². The van der Waals surface area contributed by atoms with Gasteiger partial charge in [-0.05, 0) is 196 Å². The van der Waals surface area contributed by atoms with Gasteiger partial charge < -0.3 is 0 Å². The van der Waals surface area contributed by atoms with Gasteiger partial charge in [-0.15, -0.1) is 0 Å². The second-order valence-corrected chi connectivity index (χ2v) is 32.2. The maximum absolute atomic E-state index is 5.50. The van der Waals surface area contributed by atoms with E-state index in [9.17, 15) is 0 Å². The van der Waals surface area contributed by atoms with Crippen LogP contribution in [0.4, 0.5) is 0 Å². The minimum Gasteiger partial charge on any atom is -0.264 e. The Kier molecular flexibility index (Phi) is 17.2. The van der Waals surface area contributed by atoms with Crippen LogP contribution in [0.2, 0.25) is 0 Å². The number of rotatable bonds is 8. The fourth-order valence-corrected chi connectivity index (χ4v) is 19.6. The molecule has 0 N–H and O–H groups in total. The molecule has 6 nitrogen and oxygen atoms in total. The summed E-state index contributed by atoms with van der Waals surface area (Å²) in [4.78, 5) is 29.3. The zero-order valence-corrected chi connectivity index (χ0v) is 67.3. The molecule has 6 heterocycles. The van der Waals surface area contributed by atoms with Gasteiger partial charge in [0.1, 0.15) is 0 Å². The summed E-state index contributed by atoms with van der Waals surface area (Å²) in [6.45, 7) is 0. The lowest BCUT2D eigenvalue weighted by atomic mass is 9.90. The molecule has 0 fully saturated rings. The minimum absolute atomic E-state index is 0.996. The maximum atomic E-state index is 5.50. The highest BCUT2D eigenvalue weighted by Crippen LogP contribution is 2.47. The van der Waals surface area contributed by atoms with E-state index in [1.54, 1.807) is 6.20 Å². The molecule has 0 saturated heterocycles. The van der Waals surface area contributed by atoms with Crippen molar-refractivity contribution >= 4 is 162 Å². The molecule has 0 amide bonds. The zero-order chi connectivity index (χ0) is 81.7. The summed E-state index contributed by atoms with van der Waals surface area (Å²) in [5.41, 5.74) is 20.9. The van der Waals surface area contributed by atoms with Crippen LogP contribution in [0.3, 0.4) is 0 Å². The molecule has 0 atom stereocenters. The van der Waals surface area contributed by atoms with Gasteiger partial charge in [0, 0.05) is 113 Å². The van der Waals surface area contributed by atoms with Crippen molar-refractivity contribution in [3.05, 3.63) is 438 Å². The minimum atomic E-state index is 0.996. The summed E-state index contributed by atoms with van der Waals surface area (Å²) in [6.07, 6.45) is 11.2. The third kappa shape index (κ3) is 12.1. The van der Waals surface area contributed by atoms with Crippen LogP contribution in [0.15, 0.2) is 438 Å². The van der Waals surface area contributed by atoms with Crippen molar-refractivity contribution in [2.45, 2.75) is 0 Å². The number of fused-ring (bicyclic) bond motifs is 24. The smallest absolute Gasteiger partial charge is 0.0800 e. The summed E-state index contributed by atoms with van der Waals surface area (Å²) < 4.78 is 0.